The van der Waals surface area contributed by atoms with Gasteiger partial charge in [0, 0.05) is 24.3 Å². The van der Waals surface area contributed by atoms with Crippen LogP contribution < -0.4 is 0 Å². The molecule has 0 saturated carbocycles. The molecule has 0 fully saturated rings. The molecule has 1 aromatic rings. The summed E-state index contributed by atoms with van der Waals surface area (Å²) < 4.78 is 0. The van der Waals surface area contributed by atoms with Gasteiger partial charge < -0.3 is 4.90 Å². The van der Waals surface area contributed by atoms with Gasteiger partial charge in [-0.1, -0.05) is 23.8 Å². The molecule has 0 radical (unpaired) electrons. The molecule has 0 atom stereocenters. The average molecular weight is 251 g/mol. The molecule has 1 aromatic heterocycles. The molecular formula is C13H15ClN2O. The van der Waals surface area contributed by atoms with Gasteiger partial charge in [0.1, 0.15) is 5.15 Å². The van der Waals surface area contributed by atoms with Crippen LogP contribution in [0.4, 0.5) is 0 Å². The Morgan fingerprint density at radius 1 is 1.41 bits per heavy atom. The molecular weight excluding hydrogens is 236 g/mol. The lowest BCUT2D eigenvalue weighted by atomic mass is 10.2. The van der Waals surface area contributed by atoms with Gasteiger partial charge >= 0.3 is 0 Å². The zero-order chi connectivity index (χ0) is 12.8. The SMILES string of the molecule is C=CCN(CC=C)C(=O)c1cc(C)nc(Cl)c1. The fourth-order valence-corrected chi connectivity index (χ4v) is 1.74. The molecule has 0 bridgehead atoms. The highest BCUT2D eigenvalue weighted by Gasteiger charge is 2.14. The maximum absolute atomic E-state index is 12.2. The lowest BCUT2D eigenvalue weighted by molar-refractivity contribution is 0.0790. The van der Waals surface area contributed by atoms with Crippen LogP contribution in [0.3, 0.4) is 0 Å². The number of hydrogen-bond donors (Lipinski definition) is 0. The molecule has 1 rings (SSSR count). The molecule has 90 valence electrons. The summed E-state index contributed by atoms with van der Waals surface area (Å²) in [6.45, 7) is 10.0. The minimum absolute atomic E-state index is 0.0998. The van der Waals surface area contributed by atoms with Crippen LogP contribution in [0.1, 0.15) is 16.1 Å². The highest BCUT2D eigenvalue weighted by Crippen LogP contribution is 2.12. The van der Waals surface area contributed by atoms with E-state index in [4.69, 9.17) is 11.6 Å². The third-order valence-corrected chi connectivity index (χ3v) is 2.35. The zero-order valence-electron chi connectivity index (χ0n) is 9.82. The van der Waals surface area contributed by atoms with Crippen molar-refractivity contribution >= 4 is 17.5 Å². The minimum atomic E-state index is -0.0998. The lowest BCUT2D eigenvalue weighted by Crippen LogP contribution is -2.31. The number of pyridine rings is 1. The van der Waals surface area contributed by atoms with Crippen molar-refractivity contribution in [3.8, 4) is 0 Å². The molecule has 4 heteroatoms. The molecule has 0 unspecified atom stereocenters. The number of nitrogens with zero attached hydrogens (tertiary/aromatic N) is 2. The topological polar surface area (TPSA) is 33.2 Å². The van der Waals surface area contributed by atoms with Crippen LogP contribution in [0, 0.1) is 6.92 Å². The number of carbonyl (C=O) groups is 1. The van der Waals surface area contributed by atoms with Gasteiger partial charge in [-0.25, -0.2) is 4.98 Å². The first-order valence-electron chi connectivity index (χ1n) is 5.23. The molecule has 1 heterocycles. The Labute approximate surface area is 106 Å². The standard InChI is InChI=1S/C13H15ClN2O/c1-4-6-16(7-5-2)13(17)11-8-10(3)15-12(14)9-11/h4-5,8-9H,1-2,6-7H2,3H3. The van der Waals surface area contributed by atoms with Crippen LogP contribution in [-0.4, -0.2) is 28.9 Å². The van der Waals surface area contributed by atoms with Crippen molar-refractivity contribution in [2.24, 2.45) is 0 Å². The molecule has 0 N–H and O–H groups in total. The van der Waals surface area contributed by atoms with E-state index in [1.54, 1.807) is 36.1 Å². The molecule has 17 heavy (non-hydrogen) atoms. The largest absolute Gasteiger partial charge is 0.331 e. The molecule has 0 spiro atoms. The van der Waals surface area contributed by atoms with E-state index in [1.807, 2.05) is 0 Å². The van der Waals surface area contributed by atoms with E-state index in [2.05, 4.69) is 18.1 Å². The van der Waals surface area contributed by atoms with Crippen molar-refractivity contribution in [3.05, 3.63) is 53.9 Å². The highest BCUT2D eigenvalue weighted by molar-refractivity contribution is 6.29. The smallest absolute Gasteiger partial charge is 0.254 e. The molecule has 0 aliphatic heterocycles. The summed E-state index contributed by atoms with van der Waals surface area (Å²) in [4.78, 5) is 17.8. The predicted octanol–water partition coefficient (Wildman–Crippen LogP) is 2.86. The van der Waals surface area contributed by atoms with Crippen molar-refractivity contribution < 1.29 is 4.79 Å². The van der Waals surface area contributed by atoms with Crippen LogP contribution in [-0.2, 0) is 0 Å². The fourth-order valence-electron chi connectivity index (χ4n) is 1.49. The molecule has 0 aliphatic rings. The number of hydrogen-bond acceptors (Lipinski definition) is 2. The first-order chi connectivity index (χ1) is 8.08. The molecule has 0 aromatic carbocycles. The fraction of sp³-hybridized carbons (Fsp3) is 0.231. The summed E-state index contributed by atoms with van der Waals surface area (Å²) >= 11 is 5.83. The Hall–Kier alpha value is -1.61. The third-order valence-electron chi connectivity index (χ3n) is 2.16. The van der Waals surface area contributed by atoms with E-state index in [9.17, 15) is 4.79 Å². The molecule has 0 aliphatic carbocycles. The number of rotatable bonds is 5. The maximum Gasteiger partial charge on any atom is 0.254 e. The van der Waals surface area contributed by atoms with Crippen molar-refractivity contribution in [2.75, 3.05) is 13.1 Å². The number of amides is 1. The van der Waals surface area contributed by atoms with Gasteiger partial charge in [0.15, 0.2) is 0 Å². The number of aryl methyl sites for hydroxylation is 1. The summed E-state index contributed by atoms with van der Waals surface area (Å²) in [7, 11) is 0. The van der Waals surface area contributed by atoms with Gasteiger partial charge in [-0.05, 0) is 19.1 Å². The van der Waals surface area contributed by atoms with Gasteiger partial charge in [-0.15, -0.1) is 13.2 Å². The monoisotopic (exact) mass is 250 g/mol. The second-order valence-corrected chi connectivity index (χ2v) is 3.99. The predicted molar refractivity (Wildman–Crippen MR) is 70.3 cm³/mol. The zero-order valence-corrected chi connectivity index (χ0v) is 10.6. The summed E-state index contributed by atoms with van der Waals surface area (Å²) in [6.07, 6.45) is 3.36. The summed E-state index contributed by atoms with van der Waals surface area (Å²) in [6, 6.07) is 3.28. The average Bonchev–Trinajstić information content (AvgIpc) is 2.26. The van der Waals surface area contributed by atoms with E-state index >= 15 is 0 Å². The molecule has 0 saturated heterocycles. The van der Waals surface area contributed by atoms with Crippen molar-refractivity contribution in [2.45, 2.75) is 6.92 Å². The highest BCUT2D eigenvalue weighted by atomic mass is 35.5. The first kappa shape index (κ1) is 13.5. The Balaban J connectivity index is 2.99. The normalized spacial score (nSPS) is 9.76. The summed E-state index contributed by atoms with van der Waals surface area (Å²) in [5.41, 5.74) is 1.25. The third kappa shape index (κ3) is 3.71. The molecule has 3 nitrogen and oxygen atoms in total. The van der Waals surface area contributed by atoms with Crippen LogP contribution in [0.15, 0.2) is 37.4 Å². The number of halogens is 1. The van der Waals surface area contributed by atoms with Gasteiger partial charge in [-0.2, -0.15) is 0 Å². The number of aromatic nitrogens is 1. The van der Waals surface area contributed by atoms with Gasteiger partial charge in [0.05, 0.1) is 0 Å². The van der Waals surface area contributed by atoms with E-state index in [0.717, 1.165) is 5.69 Å². The lowest BCUT2D eigenvalue weighted by Gasteiger charge is -2.19. The van der Waals surface area contributed by atoms with Crippen LogP contribution >= 0.6 is 11.6 Å². The van der Waals surface area contributed by atoms with Gasteiger partial charge in [0.25, 0.3) is 5.91 Å². The number of carbonyl (C=O) groups excluding carboxylic acids is 1. The summed E-state index contributed by atoms with van der Waals surface area (Å²) in [5, 5.41) is 0.325. The first-order valence-corrected chi connectivity index (χ1v) is 5.61. The quantitative estimate of drug-likeness (QED) is 0.595. The Kier molecular flexibility index (Phi) is 4.91. The Bertz CT molecular complexity index is 413. The second-order valence-electron chi connectivity index (χ2n) is 3.61. The maximum atomic E-state index is 12.2. The van der Waals surface area contributed by atoms with Crippen LogP contribution in [0.25, 0.3) is 0 Å². The van der Waals surface area contributed by atoms with E-state index in [-0.39, 0.29) is 5.91 Å². The Morgan fingerprint density at radius 2 is 2.00 bits per heavy atom. The minimum Gasteiger partial charge on any atom is -0.331 e. The van der Waals surface area contributed by atoms with E-state index in [1.165, 1.54) is 0 Å². The van der Waals surface area contributed by atoms with Crippen LogP contribution in [0.5, 0.6) is 0 Å². The van der Waals surface area contributed by atoms with Gasteiger partial charge in [0.2, 0.25) is 0 Å². The van der Waals surface area contributed by atoms with Crippen molar-refractivity contribution in [1.82, 2.24) is 9.88 Å². The van der Waals surface area contributed by atoms with Crippen LogP contribution in [0.2, 0.25) is 5.15 Å². The van der Waals surface area contributed by atoms with E-state index in [0.29, 0.717) is 23.8 Å². The Morgan fingerprint density at radius 3 is 2.47 bits per heavy atom. The van der Waals surface area contributed by atoms with Gasteiger partial charge in [-0.3, -0.25) is 4.79 Å². The molecule has 1 amide bonds. The second kappa shape index (κ2) is 6.21. The summed E-state index contributed by atoms with van der Waals surface area (Å²) in [5.74, 6) is -0.0998. The van der Waals surface area contributed by atoms with Crippen molar-refractivity contribution in [3.63, 3.8) is 0 Å². The van der Waals surface area contributed by atoms with Crippen molar-refractivity contribution in [1.29, 1.82) is 0 Å². The van der Waals surface area contributed by atoms with E-state index < -0.39 is 0 Å².